The van der Waals surface area contributed by atoms with Crippen LogP contribution in [0.5, 0.6) is 11.5 Å². The molecule has 2 aromatic carbocycles. The minimum Gasteiger partial charge on any atom is -0.504 e. The number of carbonyl (C=O) groups excluding carboxylic acids is 1. The monoisotopic (exact) mass is 429 g/mol. The van der Waals surface area contributed by atoms with E-state index in [0.29, 0.717) is 27.1 Å². The van der Waals surface area contributed by atoms with E-state index in [1.807, 2.05) is 18.2 Å². The van der Waals surface area contributed by atoms with Gasteiger partial charge in [0.1, 0.15) is 5.82 Å². The molecule has 0 radical (unpaired) electrons. The number of phenolic OH excluding ortho intramolecular Hbond substituents is 2. The molecule has 148 valence electrons. The van der Waals surface area contributed by atoms with E-state index in [0.717, 1.165) is 5.56 Å². The molecule has 0 spiro atoms. The molecule has 3 aromatic rings. The molecule has 4 rings (SSSR count). The Morgan fingerprint density at radius 1 is 1.14 bits per heavy atom. The smallest absolute Gasteiger partial charge is 0.257 e. The summed E-state index contributed by atoms with van der Waals surface area (Å²) in [5, 5.41) is 23.0. The number of H-pyrrole nitrogens is 1. The van der Waals surface area contributed by atoms with Crippen LogP contribution >= 0.6 is 23.4 Å². The standard InChI is InChI=1S/C20H16ClN3O4S/c21-13-4-2-1-3-11(13)9-29-20-23-18-17(19(28)24-20)12(8-16(27)22-18)10-5-6-14(25)15(26)7-10/h1-7,12,25-26H,8-9H2,(H2,22,23,24,27,28)/t12-/m1/s1. The van der Waals surface area contributed by atoms with E-state index in [4.69, 9.17) is 11.6 Å². The summed E-state index contributed by atoms with van der Waals surface area (Å²) >= 11 is 7.47. The number of amides is 1. The van der Waals surface area contributed by atoms with E-state index in [1.54, 1.807) is 12.1 Å². The Labute approximate surface area is 174 Å². The van der Waals surface area contributed by atoms with Gasteiger partial charge in [0, 0.05) is 23.1 Å². The van der Waals surface area contributed by atoms with E-state index in [1.165, 1.54) is 23.9 Å². The van der Waals surface area contributed by atoms with Crippen molar-refractivity contribution >= 4 is 35.1 Å². The maximum Gasteiger partial charge on any atom is 0.257 e. The van der Waals surface area contributed by atoms with E-state index >= 15 is 0 Å². The largest absolute Gasteiger partial charge is 0.504 e. The van der Waals surface area contributed by atoms with Gasteiger partial charge in [-0.05, 0) is 29.3 Å². The number of rotatable bonds is 4. The lowest BCUT2D eigenvalue weighted by Crippen LogP contribution is -2.31. The molecule has 4 N–H and O–H groups in total. The fourth-order valence-electron chi connectivity index (χ4n) is 3.22. The molecule has 0 aliphatic carbocycles. The zero-order chi connectivity index (χ0) is 20.5. The maximum absolute atomic E-state index is 12.8. The third kappa shape index (κ3) is 3.94. The van der Waals surface area contributed by atoms with Crippen LogP contribution in [0, 0.1) is 0 Å². The van der Waals surface area contributed by atoms with E-state index in [2.05, 4.69) is 15.3 Å². The van der Waals surface area contributed by atoms with Crippen molar-refractivity contribution in [3.05, 3.63) is 74.5 Å². The fraction of sp³-hybridized carbons (Fsp3) is 0.150. The molecule has 0 bridgehead atoms. The zero-order valence-electron chi connectivity index (χ0n) is 15.0. The van der Waals surface area contributed by atoms with Crippen LogP contribution in [0.1, 0.15) is 29.0 Å². The van der Waals surface area contributed by atoms with Gasteiger partial charge in [-0.15, -0.1) is 0 Å². The van der Waals surface area contributed by atoms with Gasteiger partial charge in [0.05, 0.1) is 5.56 Å². The van der Waals surface area contributed by atoms with E-state index < -0.39 is 5.92 Å². The number of anilines is 1. The third-order valence-corrected chi connectivity index (χ3v) is 5.94. The summed E-state index contributed by atoms with van der Waals surface area (Å²) < 4.78 is 0. The molecule has 1 aliphatic heterocycles. The van der Waals surface area contributed by atoms with Crippen molar-refractivity contribution in [3.63, 3.8) is 0 Å². The Bertz CT molecular complexity index is 1160. The highest BCUT2D eigenvalue weighted by Crippen LogP contribution is 2.37. The first-order valence-corrected chi connectivity index (χ1v) is 10.1. The molecular formula is C20H16ClN3O4S. The van der Waals surface area contributed by atoms with Crippen molar-refractivity contribution < 1.29 is 15.0 Å². The van der Waals surface area contributed by atoms with Gasteiger partial charge in [0.15, 0.2) is 16.7 Å². The first kappa shape index (κ1) is 19.4. The number of benzene rings is 2. The second-order valence-corrected chi connectivity index (χ2v) is 7.94. The van der Waals surface area contributed by atoms with Gasteiger partial charge in [-0.25, -0.2) is 4.98 Å². The van der Waals surface area contributed by atoms with Gasteiger partial charge in [-0.3, -0.25) is 9.59 Å². The first-order chi connectivity index (χ1) is 13.9. The molecule has 1 amide bonds. The number of nitrogens with one attached hydrogen (secondary N) is 2. The number of aromatic nitrogens is 2. The average Bonchev–Trinajstić information content (AvgIpc) is 2.68. The van der Waals surface area contributed by atoms with Gasteiger partial charge in [0.25, 0.3) is 5.56 Å². The number of thioether (sulfide) groups is 1. The highest BCUT2D eigenvalue weighted by Gasteiger charge is 2.31. The summed E-state index contributed by atoms with van der Waals surface area (Å²) in [6, 6.07) is 11.6. The molecule has 1 aliphatic rings. The molecule has 1 aromatic heterocycles. The van der Waals surface area contributed by atoms with Crippen LogP contribution in [0.3, 0.4) is 0 Å². The Morgan fingerprint density at radius 3 is 2.69 bits per heavy atom. The van der Waals surface area contributed by atoms with Crippen LogP contribution in [0.15, 0.2) is 52.4 Å². The lowest BCUT2D eigenvalue weighted by atomic mass is 9.86. The van der Waals surface area contributed by atoms with Crippen LogP contribution in [0.2, 0.25) is 5.02 Å². The molecule has 0 unspecified atom stereocenters. The molecule has 1 atom stereocenters. The number of hydrogen-bond acceptors (Lipinski definition) is 6. The summed E-state index contributed by atoms with van der Waals surface area (Å²) in [6.07, 6.45) is 0.0358. The summed E-state index contributed by atoms with van der Waals surface area (Å²) in [4.78, 5) is 32.2. The van der Waals surface area contributed by atoms with Gasteiger partial charge >= 0.3 is 0 Å². The van der Waals surface area contributed by atoms with Gasteiger partial charge in [0.2, 0.25) is 5.91 Å². The van der Waals surface area contributed by atoms with Crippen LogP contribution in [0.25, 0.3) is 0 Å². The number of phenols is 2. The minimum absolute atomic E-state index is 0.0358. The quantitative estimate of drug-likeness (QED) is 0.286. The molecule has 9 heteroatoms. The summed E-state index contributed by atoms with van der Waals surface area (Å²) in [6.45, 7) is 0. The number of carbonyl (C=O) groups is 1. The Balaban J connectivity index is 1.67. The van der Waals surface area contributed by atoms with E-state index in [9.17, 15) is 19.8 Å². The highest BCUT2D eigenvalue weighted by molar-refractivity contribution is 7.98. The minimum atomic E-state index is -0.580. The Kier molecular flexibility index (Phi) is 5.21. The normalized spacial score (nSPS) is 15.6. The van der Waals surface area contributed by atoms with Crippen LogP contribution in [-0.2, 0) is 10.5 Å². The lowest BCUT2D eigenvalue weighted by molar-refractivity contribution is -0.116. The van der Waals surface area contributed by atoms with Crippen molar-refractivity contribution in [1.29, 1.82) is 0 Å². The number of hydrogen-bond donors (Lipinski definition) is 4. The number of aromatic hydroxyl groups is 2. The predicted molar refractivity (Wildman–Crippen MR) is 111 cm³/mol. The topological polar surface area (TPSA) is 115 Å². The maximum atomic E-state index is 12.8. The van der Waals surface area contributed by atoms with Gasteiger partial charge in [-0.1, -0.05) is 47.6 Å². The molecule has 29 heavy (non-hydrogen) atoms. The molecule has 0 saturated heterocycles. The summed E-state index contributed by atoms with van der Waals surface area (Å²) in [5.41, 5.74) is 1.40. The van der Waals surface area contributed by atoms with Crippen LogP contribution in [-0.4, -0.2) is 26.1 Å². The fourth-order valence-corrected chi connectivity index (χ4v) is 4.37. The zero-order valence-corrected chi connectivity index (χ0v) is 16.5. The molecule has 2 heterocycles. The Morgan fingerprint density at radius 2 is 1.93 bits per heavy atom. The second-order valence-electron chi connectivity index (χ2n) is 6.57. The second kappa shape index (κ2) is 7.81. The van der Waals surface area contributed by atoms with Crippen molar-refractivity contribution in [2.75, 3.05) is 5.32 Å². The van der Waals surface area contributed by atoms with Crippen LogP contribution in [0.4, 0.5) is 5.82 Å². The van der Waals surface area contributed by atoms with Crippen molar-refractivity contribution in [2.24, 2.45) is 0 Å². The molecular weight excluding hydrogens is 414 g/mol. The molecule has 0 saturated carbocycles. The first-order valence-electron chi connectivity index (χ1n) is 8.74. The van der Waals surface area contributed by atoms with E-state index in [-0.39, 0.29) is 35.2 Å². The molecule has 0 fully saturated rings. The van der Waals surface area contributed by atoms with Gasteiger partial charge < -0.3 is 20.5 Å². The number of fused-ring (bicyclic) bond motifs is 1. The average molecular weight is 430 g/mol. The number of nitrogens with zero attached hydrogens (tertiary/aromatic N) is 1. The van der Waals surface area contributed by atoms with Crippen molar-refractivity contribution in [1.82, 2.24) is 9.97 Å². The summed E-state index contributed by atoms with van der Waals surface area (Å²) in [7, 11) is 0. The highest BCUT2D eigenvalue weighted by atomic mass is 35.5. The van der Waals surface area contributed by atoms with Crippen molar-refractivity contribution in [2.45, 2.75) is 23.2 Å². The lowest BCUT2D eigenvalue weighted by Gasteiger charge is -2.24. The summed E-state index contributed by atoms with van der Waals surface area (Å²) in [5.74, 6) is -0.743. The number of halogens is 1. The SMILES string of the molecule is O=C1C[C@H](c2ccc(O)c(O)c2)c2c(nc(SCc3ccccc3Cl)[nH]c2=O)N1. The number of aromatic amines is 1. The molecule has 7 nitrogen and oxygen atoms in total. The van der Waals surface area contributed by atoms with Crippen LogP contribution < -0.4 is 10.9 Å². The van der Waals surface area contributed by atoms with Crippen molar-refractivity contribution in [3.8, 4) is 11.5 Å². The third-order valence-electron chi connectivity index (χ3n) is 4.65. The van der Waals surface area contributed by atoms with Gasteiger partial charge in [-0.2, -0.15) is 0 Å². The predicted octanol–water partition coefficient (Wildman–Crippen LogP) is 3.60. The Hall–Kier alpha value is -2.97.